The van der Waals surface area contributed by atoms with Crippen molar-refractivity contribution in [3.63, 3.8) is 0 Å². The van der Waals surface area contributed by atoms with Gasteiger partial charge in [0.05, 0.1) is 16.9 Å². The van der Waals surface area contributed by atoms with Crippen LogP contribution in [0.2, 0.25) is 0 Å². The molecule has 0 atom stereocenters. The zero-order chi connectivity index (χ0) is 25.5. The van der Waals surface area contributed by atoms with Crippen molar-refractivity contribution in [2.24, 2.45) is 0 Å². The number of pyridine rings is 3. The molecular weight excluding hydrogens is 476 g/mol. The van der Waals surface area contributed by atoms with Crippen LogP contribution in [0.25, 0.3) is 45.0 Å². The highest BCUT2D eigenvalue weighted by molar-refractivity contribution is 5.93. The molecule has 0 spiro atoms. The first kappa shape index (κ1) is 23.2. The number of likely N-dealkylation sites (N-methyl/N-ethyl adjacent to an activating group) is 1. The van der Waals surface area contributed by atoms with E-state index in [2.05, 4.69) is 59.0 Å². The first-order chi connectivity index (χ1) is 18.7. The Labute approximate surface area is 221 Å². The van der Waals surface area contributed by atoms with Gasteiger partial charge in [0.2, 0.25) is 0 Å². The average molecular weight is 509 g/mol. The van der Waals surface area contributed by atoms with Crippen molar-refractivity contribution < 1.29 is 0 Å². The predicted molar refractivity (Wildman–Crippen MR) is 149 cm³/mol. The molecule has 7 rings (SSSR count). The summed E-state index contributed by atoms with van der Waals surface area (Å²) in [6.45, 7) is 7.29. The lowest BCUT2D eigenvalue weighted by Gasteiger charge is -2.34. The number of nitrogens with one attached hydrogen (secondary N) is 2. The molecule has 2 aliphatic rings. The van der Waals surface area contributed by atoms with E-state index in [4.69, 9.17) is 9.97 Å². The summed E-state index contributed by atoms with van der Waals surface area (Å²) < 4.78 is 0. The Bertz CT molecular complexity index is 1570. The largest absolute Gasteiger partial charge is 0.367 e. The summed E-state index contributed by atoms with van der Waals surface area (Å²) in [4.78, 5) is 29.7. The Hall–Kier alpha value is -3.89. The van der Waals surface area contributed by atoms with Gasteiger partial charge in [0.1, 0.15) is 11.0 Å². The third-order valence-electron chi connectivity index (χ3n) is 7.79. The molecule has 2 aliphatic heterocycles. The van der Waals surface area contributed by atoms with Crippen molar-refractivity contribution in [3.8, 4) is 22.8 Å². The molecule has 10 nitrogen and oxygen atoms in total. The van der Waals surface area contributed by atoms with Crippen LogP contribution in [-0.4, -0.2) is 91.2 Å². The second-order valence-corrected chi connectivity index (χ2v) is 10.5. The molecule has 10 heteroatoms. The molecule has 0 aliphatic carbocycles. The van der Waals surface area contributed by atoms with Gasteiger partial charge in [-0.05, 0) is 62.8 Å². The van der Waals surface area contributed by atoms with Crippen molar-refractivity contribution in [3.05, 3.63) is 48.4 Å². The van der Waals surface area contributed by atoms with E-state index in [1.807, 2.05) is 30.7 Å². The molecule has 0 saturated carbocycles. The molecule has 2 saturated heterocycles. The molecule has 2 N–H and O–H groups in total. The van der Waals surface area contributed by atoms with E-state index in [-0.39, 0.29) is 0 Å². The van der Waals surface area contributed by atoms with Gasteiger partial charge in [0.15, 0.2) is 17.2 Å². The molecule has 7 heterocycles. The second kappa shape index (κ2) is 9.77. The Morgan fingerprint density at radius 1 is 0.921 bits per heavy atom. The molecule has 2 fully saturated rings. The monoisotopic (exact) mass is 508 g/mol. The summed E-state index contributed by atoms with van der Waals surface area (Å²) in [5.74, 6) is 0.668. The van der Waals surface area contributed by atoms with Gasteiger partial charge < -0.3 is 14.8 Å². The summed E-state index contributed by atoms with van der Waals surface area (Å²) in [5.41, 5.74) is 8.22. The number of imidazole rings is 1. The van der Waals surface area contributed by atoms with Crippen LogP contribution in [0, 0.1) is 0 Å². The van der Waals surface area contributed by atoms with E-state index >= 15 is 0 Å². The Kier molecular flexibility index (Phi) is 5.98. The lowest BCUT2D eigenvalue weighted by Crippen LogP contribution is -2.44. The van der Waals surface area contributed by atoms with Crippen LogP contribution in [0.15, 0.2) is 42.9 Å². The fourth-order valence-electron chi connectivity index (χ4n) is 5.64. The molecule has 0 radical (unpaired) electrons. The molecule has 0 amide bonds. The van der Waals surface area contributed by atoms with E-state index in [9.17, 15) is 0 Å². The molecule has 0 unspecified atom stereocenters. The van der Waals surface area contributed by atoms with E-state index in [1.165, 1.54) is 24.8 Å². The number of piperidine rings is 1. The van der Waals surface area contributed by atoms with Crippen LogP contribution in [0.5, 0.6) is 0 Å². The maximum atomic E-state index is 5.02. The number of aromatic amines is 2. The quantitative estimate of drug-likeness (QED) is 0.370. The highest BCUT2D eigenvalue weighted by Gasteiger charge is 2.21. The van der Waals surface area contributed by atoms with Gasteiger partial charge in [0.25, 0.3) is 0 Å². The number of piperazine rings is 1. The SMILES string of the molecule is CN1CCN(c2ccnc3nc(-c4n[nH]c5ccc(-c6cncc(CN7CCCCC7)c6)nc45)[nH]c23)CC1. The predicted octanol–water partition coefficient (Wildman–Crippen LogP) is 3.70. The molecule has 5 aromatic heterocycles. The minimum Gasteiger partial charge on any atom is -0.367 e. The Morgan fingerprint density at radius 2 is 1.79 bits per heavy atom. The minimum atomic E-state index is 0.668. The Balaban J connectivity index is 1.22. The number of rotatable bonds is 5. The molecule has 194 valence electrons. The first-order valence-corrected chi connectivity index (χ1v) is 13.5. The van der Waals surface area contributed by atoms with Gasteiger partial charge in [-0.1, -0.05) is 6.42 Å². The average Bonchev–Trinajstić information content (AvgIpc) is 3.58. The van der Waals surface area contributed by atoms with Crippen LogP contribution >= 0.6 is 0 Å². The van der Waals surface area contributed by atoms with Gasteiger partial charge in [0, 0.05) is 56.9 Å². The van der Waals surface area contributed by atoms with Gasteiger partial charge in [-0.3, -0.25) is 15.0 Å². The summed E-state index contributed by atoms with van der Waals surface area (Å²) in [5, 5.41) is 7.72. The van der Waals surface area contributed by atoms with Gasteiger partial charge in [-0.25, -0.2) is 15.0 Å². The van der Waals surface area contributed by atoms with Gasteiger partial charge >= 0.3 is 0 Å². The molecule has 5 aromatic rings. The standard InChI is InChI=1S/C28H32N10/c1-36-11-13-38(14-12-36)23-7-8-30-27-25(23)32-28(33-27)26-24-22(34-35-26)6-5-21(31-24)20-15-19(16-29-17-20)18-37-9-3-2-4-10-37/h5-8,15-17H,2-4,9-14,18H2,1H3,(H,34,35)(H,30,32,33). The lowest BCUT2D eigenvalue weighted by molar-refractivity contribution is 0.220. The minimum absolute atomic E-state index is 0.668. The van der Waals surface area contributed by atoms with Gasteiger partial charge in [-0.15, -0.1) is 0 Å². The molecule has 38 heavy (non-hydrogen) atoms. The number of fused-ring (bicyclic) bond motifs is 2. The van der Waals surface area contributed by atoms with Crippen LogP contribution < -0.4 is 4.90 Å². The zero-order valence-corrected chi connectivity index (χ0v) is 21.7. The number of hydrogen-bond acceptors (Lipinski definition) is 8. The van der Waals surface area contributed by atoms with Crippen LogP contribution in [0.1, 0.15) is 24.8 Å². The van der Waals surface area contributed by atoms with Crippen molar-refractivity contribution in [2.75, 3.05) is 51.2 Å². The van der Waals surface area contributed by atoms with Gasteiger partial charge in [-0.2, -0.15) is 5.10 Å². The number of hydrogen-bond donors (Lipinski definition) is 2. The van der Waals surface area contributed by atoms with E-state index < -0.39 is 0 Å². The summed E-state index contributed by atoms with van der Waals surface area (Å²) >= 11 is 0. The summed E-state index contributed by atoms with van der Waals surface area (Å²) in [7, 11) is 2.17. The zero-order valence-electron chi connectivity index (χ0n) is 21.7. The maximum Gasteiger partial charge on any atom is 0.180 e. The molecule has 0 aromatic carbocycles. The number of nitrogens with zero attached hydrogens (tertiary/aromatic N) is 8. The van der Waals surface area contributed by atoms with E-state index in [0.29, 0.717) is 17.2 Å². The summed E-state index contributed by atoms with van der Waals surface area (Å²) in [6.07, 6.45) is 9.60. The van der Waals surface area contributed by atoms with Crippen LogP contribution in [-0.2, 0) is 6.54 Å². The number of likely N-dealkylation sites (tertiary alicyclic amines) is 1. The first-order valence-electron chi connectivity index (χ1n) is 13.5. The van der Waals surface area contributed by atoms with Crippen LogP contribution in [0.4, 0.5) is 5.69 Å². The highest BCUT2D eigenvalue weighted by atomic mass is 15.3. The number of anilines is 1. The second-order valence-electron chi connectivity index (χ2n) is 10.5. The Morgan fingerprint density at radius 3 is 2.66 bits per heavy atom. The third-order valence-corrected chi connectivity index (χ3v) is 7.79. The smallest absolute Gasteiger partial charge is 0.180 e. The third kappa shape index (κ3) is 4.39. The lowest BCUT2D eigenvalue weighted by atomic mass is 10.1. The normalized spacial score (nSPS) is 17.6. The number of H-pyrrole nitrogens is 2. The van der Waals surface area contributed by atoms with E-state index in [1.54, 1.807) is 0 Å². The van der Waals surface area contributed by atoms with Crippen LogP contribution in [0.3, 0.4) is 0 Å². The van der Waals surface area contributed by atoms with Crippen molar-refractivity contribution in [1.29, 1.82) is 0 Å². The fraction of sp³-hybridized carbons (Fsp3) is 0.393. The van der Waals surface area contributed by atoms with Crippen molar-refractivity contribution in [2.45, 2.75) is 25.8 Å². The topological polar surface area (TPSA) is 106 Å². The number of aromatic nitrogens is 7. The van der Waals surface area contributed by atoms with Crippen molar-refractivity contribution >= 4 is 27.9 Å². The fourth-order valence-corrected chi connectivity index (χ4v) is 5.64. The maximum absolute atomic E-state index is 5.02. The van der Waals surface area contributed by atoms with E-state index in [0.717, 1.165) is 79.3 Å². The highest BCUT2D eigenvalue weighted by Crippen LogP contribution is 2.31. The summed E-state index contributed by atoms with van der Waals surface area (Å²) in [6, 6.07) is 8.33. The van der Waals surface area contributed by atoms with Crippen molar-refractivity contribution in [1.82, 2.24) is 44.9 Å². The molecule has 0 bridgehead atoms. The molecular formula is C28H32N10.